The Labute approximate surface area is 118 Å². The summed E-state index contributed by atoms with van der Waals surface area (Å²) in [5.41, 5.74) is 1.96. The van der Waals surface area contributed by atoms with Gasteiger partial charge in [-0.2, -0.15) is 5.26 Å². The normalized spacial score (nSPS) is 11.1. The first-order chi connectivity index (χ1) is 8.99. The molecule has 0 radical (unpaired) electrons. The first kappa shape index (κ1) is 13.6. The van der Waals surface area contributed by atoms with Gasteiger partial charge in [-0.25, -0.2) is 0 Å². The number of hydrogen-bond acceptors (Lipinski definition) is 3. The molecule has 0 saturated carbocycles. The Hall–Kier alpha value is -1.79. The third-order valence-corrected chi connectivity index (χ3v) is 4.39. The number of hydrogen-bond donors (Lipinski definition) is 1. The third kappa shape index (κ3) is 3.59. The van der Waals surface area contributed by atoms with Crippen LogP contribution in [0.15, 0.2) is 36.4 Å². The molecule has 0 spiro atoms. The fraction of sp³-hybridized carbons (Fsp3) is 0.312. The first-order valence-corrected chi connectivity index (χ1v) is 7.14. The van der Waals surface area contributed by atoms with Crippen molar-refractivity contribution in [2.75, 3.05) is 5.32 Å². The van der Waals surface area contributed by atoms with Crippen LogP contribution in [0.4, 0.5) is 5.69 Å². The maximum atomic E-state index is 8.75. The Morgan fingerprint density at radius 1 is 1.11 bits per heavy atom. The minimum atomic E-state index is 0.220. The average Bonchev–Trinajstić information content (AvgIpc) is 2.86. The second-order valence-corrected chi connectivity index (χ2v) is 6.73. The molecule has 0 aliphatic heterocycles. The summed E-state index contributed by atoms with van der Waals surface area (Å²) in [4.78, 5) is 2.73. The molecule has 0 bridgehead atoms. The van der Waals surface area contributed by atoms with Gasteiger partial charge in [0.25, 0.3) is 0 Å². The highest BCUT2D eigenvalue weighted by atomic mass is 32.1. The highest BCUT2D eigenvalue weighted by molar-refractivity contribution is 7.12. The van der Waals surface area contributed by atoms with E-state index in [9.17, 15) is 0 Å². The second-order valence-electron chi connectivity index (χ2n) is 5.56. The molecule has 0 saturated heterocycles. The van der Waals surface area contributed by atoms with Crippen molar-refractivity contribution in [1.29, 1.82) is 5.26 Å². The van der Waals surface area contributed by atoms with Gasteiger partial charge in [-0.15, -0.1) is 11.3 Å². The minimum absolute atomic E-state index is 0.220. The van der Waals surface area contributed by atoms with Gasteiger partial charge in [0, 0.05) is 22.0 Å². The van der Waals surface area contributed by atoms with Gasteiger partial charge in [0.1, 0.15) is 0 Å². The van der Waals surface area contributed by atoms with Crippen LogP contribution in [0.3, 0.4) is 0 Å². The summed E-state index contributed by atoms with van der Waals surface area (Å²) in [7, 11) is 0. The predicted octanol–water partition coefficient (Wildman–Crippen LogP) is 4.53. The SMILES string of the molecule is CC(C)(C)c1ccc(CNc2ccc(C#N)cc2)s1. The van der Waals surface area contributed by atoms with Crippen LogP contribution in [0.1, 0.15) is 36.1 Å². The predicted molar refractivity (Wildman–Crippen MR) is 81.5 cm³/mol. The summed E-state index contributed by atoms with van der Waals surface area (Å²) >= 11 is 1.85. The van der Waals surface area contributed by atoms with Crippen LogP contribution in [0.25, 0.3) is 0 Å². The summed E-state index contributed by atoms with van der Waals surface area (Å²) in [6.07, 6.45) is 0. The van der Waals surface area contributed by atoms with E-state index in [0.29, 0.717) is 5.56 Å². The Morgan fingerprint density at radius 3 is 2.32 bits per heavy atom. The fourth-order valence-corrected chi connectivity index (χ4v) is 2.73. The molecule has 0 atom stereocenters. The van der Waals surface area contributed by atoms with Gasteiger partial charge >= 0.3 is 0 Å². The highest BCUT2D eigenvalue weighted by Crippen LogP contribution is 2.29. The van der Waals surface area contributed by atoms with E-state index < -0.39 is 0 Å². The molecule has 2 rings (SSSR count). The fourth-order valence-electron chi connectivity index (χ4n) is 1.73. The topological polar surface area (TPSA) is 35.8 Å². The molecule has 1 N–H and O–H groups in total. The Kier molecular flexibility index (Phi) is 3.92. The third-order valence-electron chi connectivity index (χ3n) is 2.88. The van der Waals surface area contributed by atoms with E-state index in [4.69, 9.17) is 5.26 Å². The van der Waals surface area contributed by atoms with Crippen LogP contribution in [-0.2, 0) is 12.0 Å². The van der Waals surface area contributed by atoms with Crippen molar-refractivity contribution in [3.05, 3.63) is 51.7 Å². The number of anilines is 1. The molecule has 1 aromatic heterocycles. The second kappa shape index (κ2) is 5.46. The molecule has 1 heterocycles. The average molecular weight is 270 g/mol. The lowest BCUT2D eigenvalue weighted by molar-refractivity contribution is 0.604. The number of thiophene rings is 1. The molecule has 19 heavy (non-hydrogen) atoms. The molecule has 2 nitrogen and oxygen atoms in total. The van der Waals surface area contributed by atoms with Gasteiger partial charge in [0.2, 0.25) is 0 Å². The van der Waals surface area contributed by atoms with E-state index in [1.165, 1.54) is 9.75 Å². The van der Waals surface area contributed by atoms with E-state index in [0.717, 1.165) is 12.2 Å². The minimum Gasteiger partial charge on any atom is -0.380 e. The summed E-state index contributed by atoms with van der Waals surface area (Å²) in [6.45, 7) is 7.52. The summed E-state index contributed by atoms with van der Waals surface area (Å²) in [6, 6.07) is 14.1. The summed E-state index contributed by atoms with van der Waals surface area (Å²) in [5, 5.41) is 12.1. The molecule has 0 aliphatic rings. The Balaban J connectivity index is 1.99. The van der Waals surface area contributed by atoms with E-state index in [2.05, 4.69) is 44.3 Å². The van der Waals surface area contributed by atoms with Crippen LogP contribution in [-0.4, -0.2) is 0 Å². The molecule has 0 aliphatic carbocycles. The molecular weight excluding hydrogens is 252 g/mol. The quantitative estimate of drug-likeness (QED) is 0.889. The van der Waals surface area contributed by atoms with Crippen molar-refractivity contribution in [3.63, 3.8) is 0 Å². The molecule has 98 valence electrons. The molecule has 0 amide bonds. The van der Waals surface area contributed by atoms with Gasteiger partial charge in [0.15, 0.2) is 0 Å². The van der Waals surface area contributed by atoms with Crippen molar-refractivity contribution in [3.8, 4) is 6.07 Å². The van der Waals surface area contributed by atoms with Crippen molar-refractivity contribution in [1.82, 2.24) is 0 Å². The van der Waals surface area contributed by atoms with Crippen molar-refractivity contribution < 1.29 is 0 Å². The molecule has 2 aromatic rings. The number of nitrogens with one attached hydrogen (secondary N) is 1. The molecular formula is C16H18N2S. The summed E-state index contributed by atoms with van der Waals surface area (Å²) < 4.78 is 0. The number of nitrogens with zero attached hydrogens (tertiary/aromatic N) is 1. The van der Waals surface area contributed by atoms with Gasteiger partial charge < -0.3 is 5.32 Å². The largest absolute Gasteiger partial charge is 0.380 e. The van der Waals surface area contributed by atoms with Gasteiger partial charge in [-0.1, -0.05) is 20.8 Å². The maximum absolute atomic E-state index is 8.75. The van der Waals surface area contributed by atoms with Crippen molar-refractivity contribution in [2.45, 2.75) is 32.7 Å². The Bertz CT molecular complexity index is 582. The number of rotatable bonds is 3. The number of benzene rings is 1. The lowest BCUT2D eigenvalue weighted by atomic mass is 9.95. The monoisotopic (exact) mass is 270 g/mol. The molecule has 3 heteroatoms. The highest BCUT2D eigenvalue weighted by Gasteiger charge is 2.15. The zero-order chi connectivity index (χ0) is 13.9. The lowest BCUT2D eigenvalue weighted by Crippen LogP contribution is -2.07. The van der Waals surface area contributed by atoms with Crippen LogP contribution in [0.5, 0.6) is 0 Å². The standard InChI is InChI=1S/C16H18N2S/c1-16(2,3)15-9-8-14(19-15)11-18-13-6-4-12(10-17)5-7-13/h4-9,18H,11H2,1-3H3. The molecule has 0 unspecified atom stereocenters. The molecule has 1 aromatic carbocycles. The Morgan fingerprint density at radius 2 is 1.79 bits per heavy atom. The van der Waals surface area contributed by atoms with Gasteiger partial charge in [-0.3, -0.25) is 0 Å². The summed E-state index contributed by atoms with van der Waals surface area (Å²) in [5.74, 6) is 0. The molecule has 0 fully saturated rings. The van der Waals surface area contributed by atoms with E-state index >= 15 is 0 Å². The van der Waals surface area contributed by atoms with Crippen molar-refractivity contribution >= 4 is 17.0 Å². The van der Waals surface area contributed by atoms with Crippen LogP contribution < -0.4 is 5.32 Å². The number of nitriles is 1. The zero-order valence-corrected chi connectivity index (χ0v) is 12.3. The maximum Gasteiger partial charge on any atom is 0.0991 e. The first-order valence-electron chi connectivity index (χ1n) is 6.32. The van der Waals surface area contributed by atoms with Crippen LogP contribution in [0.2, 0.25) is 0 Å². The van der Waals surface area contributed by atoms with Gasteiger partial charge in [-0.05, 0) is 41.8 Å². The van der Waals surface area contributed by atoms with Crippen LogP contribution >= 0.6 is 11.3 Å². The van der Waals surface area contributed by atoms with E-state index in [1.807, 2.05) is 35.6 Å². The van der Waals surface area contributed by atoms with Gasteiger partial charge in [0.05, 0.1) is 11.6 Å². The smallest absolute Gasteiger partial charge is 0.0991 e. The van der Waals surface area contributed by atoms with E-state index in [-0.39, 0.29) is 5.41 Å². The van der Waals surface area contributed by atoms with E-state index in [1.54, 1.807) is 0 Å². The van der Waals surface area contributed by atoms with Crippen LogP contribution in [0, 0.1) is 11.3 Å². The lowest BCUT2D eigenvalue weighted by Gasteiger charge is -2.15. The van der Waals surface area contributed by atoms with Crippen molar-refractivity contribution in [2.24, 2.45) is 0 Å². The zero-order valence-electron chi connectivity index (χ0n) is 11.5.